The van der Waals surface area contributed by atoms with Gasteiger partial charge in [-0.05, 0) is 46.8 Å². The smallest absolute Gasteiger partial charge is 0.206 e. The molecule has 1 fully saturated rings. The van der Waals surface area contributed by atoms with Crippen LogP contribution in [0.1, 0.15) is 12.8 Å². The van der Waals surface area contributed by atoms with E-state index in [-0.39, 0.29) is 0 Å². The summed E-state index contributed by atoms with van der Waals surface area (Å²) in [4.78, 5) is 0.569. The molecule has 0 atom stereocenters. The van der Waals surface area contributed by atoms with Gasteiger partial charge in [0.2, 0.25) is 0 Å². The molecule has 0 saturated heterocycles. The lowest BCUT2D eigenvalue weighted by atomic mass is 9.85. The Morgan fingerprint density at radius 1 is 1.47 bits per heavy atom. The molecule has 0 aromatic carbocycles. The standard InChI is InChI=1S/C10H13Br2NO2S2/c1-13(6-7-4-8(11)5-7)17(14,15)10-3-2-9(12)16-10/h2-3,7-8H,4-6H2,1H3. The van der Waals surface area contributed by atoms with Crippen LogP contribution >= 0.6 is 43.2 Å². The highest BCUT2D eigenvalue weighted by Gasteiger charge is 2.31. The van der Waals surface area contributed by atoms with Crippen molar-refractivity contribution in [3.63, 3.8) is 0 Å². The van der Waals surface area contributed by atoms with E-state index in [2.05, 4.69) is 31.9 Å². The fourth-order valence-corrected chi connectivity index (χ4v) is 6.38. The molecule has 1 aliphatic carbocycles. The topological polar surface area (TPSA) is 37.4 Å². The van der Waals surface area contributed by atoms with Crippen LogP contribution < -0.4 is 0 Å². The fraction of sp³-hybridized carbons (Fsp3) is 0.600. The van der Waals surface area contributed by atoms with Gasteiger partial charge in [0.1, 0.15) is 4.21 Å². The first-order valence-electron chi connectivity index (χ1n) is 5.25. The SMILES string of the molecule is CN(CC1CC(Br)C1)S(=O)(=O)c1ccc(Br)s1. The van der Waals surface area contributed by atoms with Crippen molar-refractivity contribution in [1.82, 2.24) is 4.31 Å². The van der Waals surface area contributed by atoms with Gasteiger partial charge in [0.15, 0.2) is 0 Å². The molecule has 0 N–H and O–H groups in total. The zero-order valence-electron chi connectivity index (χ0n) is 9.27. The van der Waals surface area contributed by atoms with E-state index >= 15 is 0 Å². The minimum absolute atomic E-state index is 0.404. The molecular formula is C10H13Br2NO2S2. The number of hydrogen-bond donors (Lipinski definition) is 0. The normalized spacial score (nSPS) is 24.9. The molecule has 3 nitrogen and oxygen atoms in total. The summed E-state index contributed by atoms with van der Waals surface area (Å²) in [5, 5.41) is 0. The summed E-state index contributed by atoms with van der Waals surface area (Å²) in [6.07, 6.45) is 2.13. The highest BCUT2D eigenvalue weighted by Crippen LogP contribution is 2.35. The summed E-state index contributed by atoms with van der Waals surface area (Å²) in [7, 11) is -1.64. The number of rotatable bonds is 4. The number of thiophene rings is 1. The molecule has 0 amide bonds. The van der Waals surface area contributed by atoms with Gasteiger partial charge in [-0.1, -0.05) is 15.9 Å². The quantitative estimate of drug-likeness (QED) is 0.724. The summed E-state index contributed by atoms with van der Waals surface area (Å²) in [5.41, 5.74) is 0. The molecule has 1 saturated carbocycles. The molecule has 7 heteroatoms. The first-order valence-corrected chi connectivity index (χ1v) is 9.22. The molecule has 1 aliphatic rings. The van der Waals surface area contributed by atoms with Gasteiger partial charge in [-0.25, -0.2) is 8.42 Å². The number of alkyl halides is 1. The van der Waals surface area contributed by atoms with Crippen molar-refractivity contribution >= 4 is 53.2 Å². The van der Waals surface area contributed by atoms with Gasteiger partial charge in [-0.15, -0.1) is 11.3 Å². The second kappa shape index (κ2) is 5.28. The van der Waals surface area contributed by atoms with Crippen molar-refractivity contribution in [2.75, 3.05) is 13.6 Å². The molecule has 0 radical (unpaired) electrons. The lowest BCUT2D eigenvalue weighted by Crippen LogP contribution is -2.37. The molecule has 17 heavy (non-hydrogen) atoms. The molecule has 0 aliphatic heterocycles. The Hall–Kier alpha value is 0.570. The van der Waals surface area contributed by atoms with E-state index < -0.39 is 10.0 Å². The van der Waals surface area contributed by atoms with E-state index in [1.807, 2.05) is 0 Å². The van der Waals surface area contributed by atoms with Crippen LogP contribution in [0.4, 0.5) is 0 Å². The van der Waals surface area contributed by atoms with Gasteiger partial charge in [0, 0.05) is 18.4 Å². The van der Waals surface area contributed by atoms with Crippen molar-refractivity contribution < 1.29 is 8.42 Å². The van der Waals surface area contributed by atoms with Gasteiger partial charge in [0.05, 0.1) is 3.79 Å². The number of hydrogen-bond acceptors (Lipinski definition) is 3. The van der Waals surface area contributed by atoms with E-state index in [1.165, 1.54) is 15.6 Å². The Kier molecular flexibility index (Phi) is 4.35. The minimum atomic E-state index is -3.30. The molecule has 2 rings (SSSR count). The Morgan fingerprint density at radius 2 is 2.12 bits per heavy atom. The average molecular weight is 403 g/mol. The first kappa shape index (κ1) is 14.0. The van der Waals surface area contributed by atoms with Gasteiger partial charge in [0.25, 0.3) is 10.0 Å². The highest BCUT2D eigenvalue weighted by molar-refractivity contribution is 9.11. The fourth-order valence-electron chi connectivity index (χ4n) is 1.86. The minimum Gasteiger partial charge on any atom is -0.206 e. The Labute approximate surface area is 123 Å². The van der Waals surface area contributed by atoms with E-state index in [1.54, 1.807) is 19.2 Å². The van der Waals surface area contributed by atoms with Crippen molar-refractivity contribution in [1.29, 1.82) is 0 Å². The van der Waals surface area contributed by atoms with Gasteiger partial charge >= 0.3 is 0 Å². The zero-order valence-corrected chi connectivity index (χ0v) is 14.1. The van der Waals surface area contributed by atoms with E-state index in [0.717, 1.165) is 16.6 Å². The number of halogens is 2. The Balaban J connectivity index is 2.05. The van der Waals surface area contributed by atoms with Crippen molar-refractivity contribution in [3.05, 3.63) is 15.9 Å². The predicted molar refractivity (Wildman–Crippen MR) is 77.3 cm³/mol. The van der Waals surface area contributed by atoms with Gasteiger partial charge in [-0.2, -0.15) is 4.31 Å². The molecule has 0 spiro atoms. The summed E-state index contributed by atoms with van der Waals surface area (Å²) < 4.78 is 27.1. The van der Waals surface area contributed by atoms with Crippen LogP contribution in [0.25, 0.3) is 0 Å². The van der Waals surface area contributed by atoms with Crippen LogP contribution in [0.15, 0.2) is 20.1 Å². The Bertz CT molecular complexity index is 494. The zero-order chi connectivity index (χ0) is 12.6. The highest BCUT2D eigenvalue weighted by atomic mass is 79.9. The second-order valence-corrected chi connectivity index (χ2v) is 10.3. The van der Waals surface area contributed by atoms with Gasteiger partial charge < -0.3 is 0 Å². The van der Waals surface area contributed by atoms with Crippen LogP contribution in [0.5, 0.6) is 0 Å². The molecule has 96 valence electrons. The molecule has 0 unspecified atom stereocenters. The summed E-state index contributed by atoms with van der Waals surface area (Å²) in [6.45, 7) is 0.611. The number of nitrogens with zero attached hydrogens (tertiary/aromatic N) is 1. The van der Waals surface area contributed by atoms with Crippen molar-refractivity contribution in [2.24, 2.45) is 5.92 Å². The third-order valence-electron chi connectivity index (χ3n) is 2.91. The molecule has 0 bridgehead atoms. The van der Waals surface area contributed by atoms with E-state index in [9.17, 15) is 8.42 Å². The maximum atomic E-state index is 12.2. The third kappa shape index (κ3) is 3.12. The molecular weight excluding hydrogens is 390 g/mol. The second-order valence-electron chi connectivity index (χ2n) is 4.28. The largest absolute Gasteiger partial charge is 0.252 e. The van der Waals surface area contributed by atoms with E-state index in [4.69, 9.17) is 0 Å². The van der Waals surface area contributed by atoms with Crippen LogP contribution in [-0.2, 0) is 10.0 Å². The van der Waals surface area contributed by atoms with Crippen LogP contribution in [-0.4, -0.2) is 31.1 Å². The Morgan fingerprint density at radius 3 is 2.59 bits per heavy atom. The van der Waals surface area contributed by atoms with Crippen molar-refractivity contribution in [2.45, 2.75) is 21.9 Å². The van der Waals surface area contributed by atoms with Crippen LogP contribution in [0, 0.1) is 5.92 Å². The lowest BCUT2D eigenvalue weighted by molar-refractivity contribution is 0.275. The summed E-state index contributed by atoms with van der Waals surface area (Å²) in [6, 6.07) is 3.41. The van der Waals surface area contributed by atoms with Crippen LogP contribution in [0.2, 0.25) is 0 Å². The third-order valence-corrected chi connectivity index (χ3v) is 7.57. The lowest BCUT2D eigenvalue weighted by Gasteiger charge is -2.33. The van der Waals surface area contributed by atoms with E-state index in [0.29, 0.717) is 21.5 Å². The average Bonchev–Trinajstić information content (AvgIpc) is 2.63. The molecule has 1 aromatic heterocycles. The maximum Gasteiger partial charge on any atom is 0.252 e. The maximum absolute atomic E-state index is 12.2. The van der Waals surface area contributed by atoms with Crippen molar-refractivity contribution in [3.8, 4) is 0 Å². The van der Waals surface area contributed by atoms with Crippen LogP contribution in [0.3, 0.4) is 0 Å². The molecule has 1 heterocycles. The molecule has 1 aromatic rings. The predicted octanol–water partition coefficient (Wildman–Crippen LogP) is 3.30. The first-order chi connectivity index (χ1) is 7.89. The van der Waals surface area contributed by atoms with Gasteiger partial charge in [-0.3, -0.25) is 0 Å². The summed E-state index contributed by atoms with van der Waals surface area (Å²) >= 11 is 8.06. The summed E-state index contributed by atoms with van der Waals surface area (Å²) in [5.74, 6) is 0.488. The number of sulfonamides is 1. The monoisotopic (exact) mass is 401 g/mol.